The zero-order chi connectivity index (χ0) is 24.2. The molecule has 0 bridgehead atoms. The first-order chi connectivity index (χ1) is 16.3. The van der Waals surface area contributed by atoms with Crippen LogP contribution in [0.5, 0.6) is 0 Å². The molecule has 5 rings (SSSR count). The maximum absolute atomic E-state index is 10.1. The second kappa shape index (κ2) is 9.68. The third-order valence-electron chi connectivity index (χ3n) is 6.40. The van der Waals surface area contributed by atoms with E-state index in [9.17, 15) is 22.5 Å². The van der Waals surface area contributed by atoms with Crippen LogP contribution >= 0.6 is 0 Å². The topological polar surface area (TPSA) is 26.8 Å². The van der Waals surface area contributed by atoms with Gasteiger partial charge in [-0.15, -0.1) is 0 Å². The molecule has 0 radical (unpaired) electrons. The van der Waals surface area contributed by atoms with Crippen LogP contribution in [0.4, 0.5) is 17.3 Å². The summed E-state index contributed by atoms with van der Waals surface area (Å²) < 4.78 is 41.5. The Labute approximate surface area is 196 Å². The first-order valence-corrected chi connectivity index (χ1v) is 11.1. The molecule has 172 valence electrons. The number of nitriles is 1. The van der Waals surface area contributed by atoms with Gasteiger partial charge < -0.3 is 17.3 Å². The molecule has 2 aliphatic heterocycles. The lowest BCUT2D eigenvalue weighted by Gasteiger charge is -2.33. The molecule has 2 aliphatic rings. The first kappa shape index (κ1) is 23.5. The van der Waals surface area contributed by atoms with Crippen LogP contribution in [0.15, 0.2) is 97.1 Å². The number of hydrogen-bond donors (Lipinski definition) is 0. The Balaban J connectivity index is 0.000000499. The first-order valence-electron chi connectivity index (χ1n) is 11.1. The van der Waals surface area contributed by atoms with Gasteiger partial charge in [0.25, 0.3) is 0 Å². The normalized spacial score (nSPS) is 21.6. The fraction of sp³-hybridized carbons (Fsp3) is 0.185. The molecule has 7 heteroatoms. The molecule has 0 spiro atoms. The van der Waals surface area contributed by atoms with E-state index in [1.807, 2.05) is 0 Å². The summed E-state index contributed by atoms with van der Waals surface area (Å²) in [7, 11) is -6.00. The average Bonchev–Trinajstić information content (AvgIpc) is 3.24. The molecule has 2 atom stereocenters. The Morgan fingerprint density at radius 1 is 0.794 bits per heavy atom. The van der Waals surface area contributed by atoms with Gasteiger partial charge in [0.15, 0.2) is 0 Å². The Hall–Kier alpha value is -3.66. The van der Waals surface area contributed by atoms with Crippen molar-refractivity contribution in [3.63, 3.8) is 0 Å². The molecule has 3 aromatic carbocycles. The molecule has 0 amide bonds. The van der Waals surface area contributed by atoms with Crippen molar-refractivity contribution in [2.45, 2.75) is 18.4 Å². The lowest BCUT2D eigenvalue weighted by molar-refractivity contribution is -0.598. The Morgan fingerprint density at radius 3 is 1.82 bits per heavy atom. The number of allylic oxidation sites excluding steroid dienone is 1. The fourth-order valence-electron chi connectivity index (χ4n) is 5.07. The van der Waals surface area contributed by atoms with Crippen molar-refractivity contribution in [2.24, 2.45) is 5.92 Å². The average molecular weight is 462 g/mol. The van der Waals surface area contributed by atoms with E-state index in [1.54, 1.807) is 0 Å². The van der Waals surface area contributed by atoms with Crippen LogP contribution in [0.3, 0.4) is 0 Å². The second-order valence-corrected chi connectivity index (χ2v) is 8.37. The summed E-state index contributed by atoms with van der Waals surface area (Å²) in [6.07, 6.45) is 4.07. The van der Waals surface area contributed by atoms with Crippen molar-refractivity contribution in [3.8, 4) is 6.07 Å². The van der Waals surface area contributed by atoms with Gasteiger partial charge in [0, 0.05) is 30.0 Å². The Kier molecular flexibility index (Phi) is 6.69. The van der Waals surface area contributed by atoms with Gasteiger partial charge in [0.2, 0.25) is 11.3 Å². The Bertz CT molecular complexity index is 1230. The van der Waals surface area contributed by atoms with Gasteiger partial charge in [-0.3, -0.25) is 0 Å². The van der Waals surface area contributed by atoms with Crippen molar-refractivity contribution < 1.29 is 21.8 Å². The van der Waals surface area contributed by atoms with E-state index in [0.29, 0.717) is 0 Å². The molecule has 0 N–H and O–H groups in total. The lowest BCUT2D eigenvalue weighted by atomic mass is 9.72. The minimum absolute atomic E-state index is 0.0453. The summed E-state index contributed by atoms with van der Waals surface area (Å²) in [6, 6.07) is 34.5. The molecular formula is C27H23BF4N2. The predicted molar refractivity (Wildman–Crippen MR) is 127 cm³/mol. The van der Waals surface area contributed by atoms with Crippen molar-refractivity contribution in [3.05, 3.63) is 114 Å². The highest BCUT2D eigenvalue weighted by Gasteiger charge is 2.58. The lowest BCUT2D eigenvalue weighted by Crippen LogP contribution is -2.44. The van der Waals surface area contributed by atoms with Crippen molar-refractivity contribution in [1.82, 2.24) is 0 Å². The van der Waals surface area contributed by atoms with E-state index in [2.05, 4.69) is 108 Å². The zero-order valence-corrected chi connectivity index (χ0v) is 18.4. The molecule has 2 unspecified atom stereocenters. The van der Waals surface area contributed by atoms with Crippen LogP contribution in [0.25, 0.3) is 5.57 Å². The van der Waals surface area contributed by atoms with Gasteiger partial charge in [0.05, 0.1) is 6.07 Å². The largest absolute Gasteiger partial charge is 0.673 e. The maximum Gasteiger partial charge on any atom is 0.673 e. The predicted octanol–water partition coefficient (Wildman–Crippen LogP) is 6.71. The summed E-state index contributed by atoms with van der Waals surface area (Å²) in [5, 5.41) is 10.1. The minimum atomic E-state index is -6.00. The van der Waals surface area contributed by atoms with E-state index in [4.69, 9.17) is 0 Å². The van der Waals surface area contributed by atoms with Gasteiger partial charge in [-0.2, -0.15) is 5.26 Å². The Morgan fingerprint density at radius 2 is 1.29 bits per heavy atom. The second-order valence-electron chi connectivity index (χ2n) is 8.37. The van der Waals surface area contributed by atoms with Gasteiger partial charge >= 0.3 is 7.25 Å². The highest BCUT2D eigenvalue weighted by Crippen LogP contribution is 2.49. The van der Waals surface area contributed by atoms with Crippen molar-refractivity contribution in [2.75, 3.05) is 6.54 Å². The van der Waals surface area contributed by atoms with E-state index in [1.165, 1.54) is 28.0 Å². The standard InChI is InChI=1S/C27H23N2.BF4/c28-20-25-16-17-29-26(22-12-6-2-7-13-22)18-23(21-10-4-1-5-11-21)19-27(25,29)24-14-8-3-9-15-24;2-1(3,4)5/h1-15,18,25H,16-17,19H2;/q+1;-1. The minimum Gasteiger partial charge on any atom is -0.418 e. The van der Waals surface area contributed by atoms with E-state index in [-0.39, 0.29) is 11.5 Å². The van der Waals surface area contributed by atoms with Crippen LogP contribution in [0.1, 0.15) is 29.5 Å². The number of hydrogen-bond acceptors (Lipinski definition) is 1. The summed E-state index contributed by atoms with van der Waals surface area (Å²) in [5.41, 5.74) is 5.86. The van der Waals surface area contributed by atoms with Gasteiger partial charge in [-0.05, 0) is 23.3 Å². The van der Waals surface area contributed by atoms with Gasteiger partial charge in [-0.25, -0.2) is 4.58 Å². The molecule has 3 aromatic rings. The van der Waals surface area contributed by atoms with E-state index in [0.717, 1.165) is 19.4 Å². The SMILES string of the molecule is F[B-](F)(F)F.N#CC1CC[N+]2=C(c3ccccc3)C=C(c3ccccc3)CC12c1ccccc1. The molecule has 2 nitrogen and oxygen atoms in total. The van der Waals surface area contributed by atoms with Crippen molar-refractivity contribution >= 4 is 18.5 Å². The number of nitrogens with zero attached hydrogens (tertiary/aromatic N) is 2. The summed E-state index contributed by atoms with van der Waals surface area (Å²) in [6.45, 7) is 0.899. The quantitative estimate of drug-likeness (QED) is 0.241. The zero-order valence-electron chi connectivity index (χ0n) is 18.4. The molecule has 0 aliphatic carbocycles. The maximum atomic E-state index is 10.1. The monoisotopic (exact) mass is 462 g/mol. The molecule has 1 fully saturated rings. The van der Waals surface area contributed by atoms with Crippen molar-refractivity contribution in [1.29, 1.82) is 5.26 Å². The molecule has 2 heterocycles. The molecule has 0 aromatic heterocycles. The smallest absolute Gasteiger partial charge is 0.418 e. The number of benzene rings is 3. The summed E-state index contributed by atoms with van der Waals surface area (Å²) in [5.74, 6) is -0.0453. The fourth-order valence-corrected chi connectivity index (χ4v) is 5.07. The number of fused-ring (bicyclic) bond motifs is 1. The summed E-state index contributed by atoms with van der Waals surface area (Å²) >= 11 is 0. The van der Waals surface area contributed by atoms with Crippen LogP contribution in [-0.2, 0) is 5.54 Å². The van der Waals surface area contributed by atoms with Crippen LogP contribution < -0.4 is 0 Å². The van der Waals surface area contributed by atoms with Crippen LogP contribution in [-0.4, -0.2) is 24.1 Å². The molecule has 34 heavy (non-hydrogen) atoms. The third kappa shape index (κ3) is 4.82. The van der Waals surface area contributed by atoms with E-state index >= 15 is 0 Å². The highest BCUT2D eigenvalue weighted by molar-refractivity contribution is 6.50. The molecular weight excluding hydrogens is 439 g/mol. The molecule has 0 saturated carbocycles. The van der Waals surface area contributed by atoms with Gasteiger partial charge in [0.1, 0.15) is 12.5 Å². The van der Waals surface area contributed by atoms with E-state index < -0.39 is 7.25 Å². The molecule has 1 saturated heterocycles. The van der Waals surface area contributed by atoms with Gasteiger partial charge in [-0.1, -0.05) is 78.9 Å². The number of rotatable bonds is 3. The third-order valence-corrected chi connectivity index (χ3v) is 6.40. The summed E-state index contributed by atoms with van der Waals surface area (Å²) in [4.78, 5) is 0. The number of halogens is 4. The van der Waals surface area contributed by atoms with Crippen LogP contribution in [0, 0.1) is 17.2 Å². The highest BCUT2D eigenvalue weighted by atomic mass is 19.5. The van der Waals surface area contributed by atoms with Crippen LogP contribution in [0.2, 0.25) is 0 Å².